The van der Waals surface area contributed by atoms with Crippen molar-refractivity contribution in [1.29, 1.82) is 0 Å². The standard InChI is InChI=1S/C11H20N2O6S/c1-5(15)12-7(4-20)11(18)13-6-3-19-8(2-14)10(17)9(6)16/h6-10,14,16-17,20H,2-4H2,1H3,(H,12,15)(H,13,18)/t6-,7?,8?,9?,10+/m1/s1. The van der Waals surface area contributed by atoms with Gasteiger partial charge in [-0.15, -0.1) is 0 Å². The van der Waals surface area contributed by atoms with Gasteiger partial charge in [0.1, 0.15) is 24.4 Å². The fraction of sp³-hybridized carbons (Fsp3) is 0.818. The van der Waals surface area contributed by atoms with Gasteiger partial charge in [0.25, 0.3) is 0 Å². The number of hydrogen-bond acceptors (Lipinski definition) is 7. The van der Waals surface area contributed by atoms with Crippen LogP contribution in [0.1, 0.15) is 6.92 Å². The largest absolute Gasteiger partial charge is 0.394 e. The summed E-state index contributed by atoms with van der Waals surface area (Å²) in [5.74, 6) is -0.811. The Bertz CT molecular complexity index is 356. The third-order valence-corrected chi connectivity index (χ3v) is 3.38. The van der Waals surface area contributed by atoms with Crippen molar-refractivity contribution >= 4 is 24.4 Å². The van der Waals surface area contributed by atoms with Crippen LogP contribution in [-0.2, 0) is 14.3 Å². The first-order valence-corrected chi connectivity index (χ1v) is 6.80. The van der Waals surface area contributed by atoms with Crippen LogP contribution in [0.2, 0.25) is 0 Å². The van der Waals surface area contributed by atoms with Crippen LogP contribution in [0.5, 0.6) is 0 Å². The molecular formula is C11H20N2O6S. The second-order valence-corrected chi connectivity index (χ2v) is 4.95. The highest BCUT2D eigenvalue weighted by Gasteiger charge is 2.39. The first-order chi connectivity index (χ1) is 9.40. The van der Waals surface area contributed by atoms with Crippen LogP contribution in [0.3, 0.4) is 0 Å². The van der Waals surface area contributed by atoms with E-state index in [9.17, 15) is 19.8 Å². The monoisotopic (exact) mass is 308 g/mol. The number of nitrogens with one attached hydrogen (secondary N) is 2. The molecule has 1 rings (SSSR count). The fourth-order valence-corrected chi connectivity index (χ4v) is 2.15. The summed E-state index contributed by atoms with van der Waals surface area (Å²) in [6.45, 7) is 0.802. The molecule has 0 aromatic heterocycles. The average Bonchev–Trinajstić information content (AvgIpc) is 2.41. The van der Waals surface area contributed by atoms with Gasteiger partial charge < -0.3 is 30.7 Å². The van der Waals surface area contributed by atoms with Gasteiger partial charge in [0, 0.05) is 12.7 Å². The van der Waals surface area contributed by atoms with E-state index in [2.05, 4.69) is 23.3 Å². The molecule has 0 spiro atoms. The van der Waals surface area contributed by atoms with Crippen molar-refractivity contribution in [1.82, 2.24) is 10.6 Å². The van der Waals surface area contributed by atoms with Crippen molar-refractivity contribution in [2.24, 2.45) is 0 Å². The average molecular weight is 308 g/mol. The lowest BCUT2D eigenvalue weighted by Gasteiger charge is -2.37. The number of carbonyl (C=O) groups excluding carboxylic acids is 2. The first kappa shape index (κ1) is 17.2. The van der Waals surface area contributed by atoms with Crippen LogP contribution < -0.4 is 10.6 Å². The molecule has 5 N–H and O–H groups in total. The number of ether oxygens (including phenoxy) is 1. The number of hydrogen-bond donors (Lipinski definition) is 6. The quantitative estimate of drug-likeness (QED) is 0.301. The van der Waals surface area contributed by atoms with E-state index in [0.29, 0.717) is 0 Å². The molecule has 1 heterocycles. The summed E-state index contributed by atoms with van der Waals surface area (Å²) in [6.07, 6.45) is -3.44. The third kappa shape index (κ3) is 4.32. The number of aliphatic hydroxyl groups is 3. The number of aliphatic hydroxyl groups excluding tert-OH is 3. The predicted molar refractivity (Wildman–Crippen MR) is 72.2 cm³/mol. The smallest absolute Gasteiger partial charge is 0.243 e. The number of amides is 2. The molecule has 1 aliphatic rings. The van der Waals surface area contributed by atoms with Crippen molar-refractivity contribution in [2.75, 3.05) is 19.0 Å². The number of carbonyl (C=O) groups is 2. The van der Waals surface area contributed by atoms with E-state index in [1.54, 1.807) is 0 Å². The molecule has 20 heavy (non-hydrogen) atoms. The van der Waals surface area contributed by atoms with E-state index in [1.807, 2.05) is 0 Å². The van der Waals surface area contributed by atoms with Gasteiger partial charge in [-0.05, 0) is 0 Å². The lowest BCUT2D eigenvalue weighted by Crippen LogP contribution is -2.62. The second kappa shape index (κ2) is 7.79. The Morgan fingerprint density at radius 3 is 2.55 bits per heavy atom. The maximum Gasteiger partial charge on any atom is 0.243 e. The van der Waals surface area contributed by atoms with Crippen molar-refractivity contribution in [2.45, 2.75) is 37.3 Å². The van der Waals surface area contributed by atoms with Crippen LogP contribution >= 0.6 is 12.6 Å². The minimum Gasteiger partial charge on any atom is -0.394 e. The molecule has 1 fully saturated rings. The normalized spacial score (nSPS) is 31.4. The summed E-state index contributed by atoms with van der Waals surface area (Å²) in [5.41, 5.74) is 0. The highest BCUT2D eigenvalue weighted by molar-refractivity contribution is 7.80. The summed E-state index contributed by atoms with van der Waals surface area (Å²) in [4.78, 5) is 22.8. The third-order valence-electron chi connectivity index (χ3n) is 3.02. The molecule has 0 radical (unpaired) electrons. The molecule has 0 aromatic carbocycles. The van der Waals surface area contributed by atoms with E-state index < -0.39 is 42.9 Å². The Balaban J connectivity index is 2.59. The fourth-order valence-electron chi connectivity index (χ4n) is 1.89. The molecule has 0 aromatic rings. The zero-order valence-corrected chi connectivity index (χ0v) is 11.9. The zero-order chi connectivity index (χ0) is 15.3. The summed E-state index contributed by atoms with van der Waals surface area (Å²) >= 11 is 3.97. The Morgan fingerprint density at radius 1 is 1.40 bits per heavy atom. The highest BCUT2D eigenvalue weighted by atomic mass is 32.1. The second-order valence-electron chi connectivity index (χ2n) is 4.59. The van der Waals surface area contributed by atoms with Gasteiger partial charge in [0.05, 0.1) is 19.3 Å². The van der Waals surface area contributed by atoms with Crippen molar-refractivity contribution < 1.29 is 29.6 Å². The van der Waals surface area contributed by atoms with Crippen LogP contribution in [0.25, 0.3) is 0 Å². The molecule has 0 bridgehead atoms. The van der Waals surface area contributed by atoms with Crippen LogP contribution in [0.4, 0.5) is 0 Å². The van der Waals surface area contributed by atoms with E-state index in [1.165, 1.54) is 6.92 Å². The molecule has 3 unspecified atom stereocenters. The van der Waals surface area contributed by atoms with Crippen LogP contribution in [0.15, 0.2) is 0 Å². The molecule has 1 saturated heterocycles. The predicted octanol–water partition coefficient (Wildman–Crippen LogP) is -2.98. The van der Waals surface area contributed by atoms with E-state index in [4.69, 9.17) is 9.84 Å². The minimum absolute atomic E-state index is 0.0471. The minimum atomic E-state index is -1.30. The van der Waals surface area contributed by atoms with E-state index >= 15 is 0 Å². The van der Waals surface area contributed by atoms with E-state index in [0.717, 1.165) is 0 Å². The maximum atomic E-state index is 11.9. The zero-order valence-electron chi connectivity index (χ0n) is 11.0. The van der Waals surface area contributed by atoms with Gasteiger partial charge in [-0.1, -0.05) is 0 Å². The van der Waals surface area contributed by atoms with Gasteiger partial charge in [-0.25, -0.2) is 0 Å². The molecule has 9 heteroatoms. The van der Waals surface area contributed by atoms with Gasteiger partial charge >= 0.3 is 0 Å². The topological polar surface area (TPSA) is 128 Å². The lowest BCUT2D eigenvalue weighted by molar-refractivity contribution is -0.165. The molecule has 1 aliphatic heterocycles. The van der Waals surface area contributed by atoms with Gasteiger partial charge in [-0.3, -0.25) is 9.59 Å². The molecular weight excluding hydrogens is 288 g/mol. The van der Waals surface area contributed by atoms with Crippen LogP contribution in [-0.4, -0.2) is 76.5 Å². The van der Waals surface area contributed by atoms with Gasteiger partial charge in [-0.2, -0.15) is 12.6 Å². The van der Waals surface area contributed by atoms with Gasteiger partial charge in [0.2, 0.25) is 11.8 Å². The first-order valence-electron chi connectivity index (χ1n) is 6.17. The molecule has 0 aliphatic carbocycles. The highest BCUT2D eigenvalue weighted by Crippen LogP contribution is 2.15. The molecule has 116 valence electrons. The lowest BCUT2D eigenvalue weighted by atomic mass is 9.98. The van der Waals surface area contributed by atoms with Gasteiger partial charge in [0.15, 0.2) is 0 Å². The van der Waals surface area contributed by atoms with Crippen molar-refractivity contribution in [3.05, 3.63) is 0 Å². The van der Waals surface area contributed by atoms with Crippen molar-refractivity contribution in [3.63, 3.8) is 0 Å². The Labute approximate surface area is 121 Å². The molecule has 8 nitrogen and oxygen atoms in total. The summed E-state index contributed by atoms with van der Waals surface area (Å²) in [5, 5.41) is 33.4. The van der Waals surface area contributed by atoms with Crippen LogP contribution in [0, 0.1) is 0 Å². The summed E-state index contributed by atoms with van der Waals surface area (Å²) < 4.78 is 5.14. The molecule has 0 saturated carbocycles. The van der Waals surface area contributed by atoms with Crippen molar-refractivity contribution in [3.8, 4) is 0 Å². The number of rotatable bonds is 5. The Morgan fingerprint density at radius 2 is 2.05 bits per heavy atom. The number of thiol groups is 1. The SMILES string of the molecule is CC(=O)NC(CS)C(=O)N[C@@H]1COC(CO)[C@H](O)C1O. The Kier molecular flexibility index (Phi) is 6.69. The molecule has 2 amide bonds. The van der Waals surface area contributed by atoms with E-state index in [-0.39, 0.29) is 18.3 Å². The summed E-state index contributed by atoms with van der Waals surface area (Å²) in [6, 6.07) is -1.66. The maximum absolute atomic E-state index is 11.9. The molecule has 5 atom stereocenters. The summed E-state index contributed by atoms with van der Waals surface area (Å²) in [7, 11) is 0. The Hall–Kier alpha value is -0.870.